The summed E-state index contributed by atoms with van der Waals surface area (Å²) in [7, 11) is 0. The maximum atomic E-state index is 10.4. The van der Waals surface area contributed by atoms with Crippen LogP contribution in [0.1, 0.15) is 28.6 Å². The van der Waals surface area contributed by atoms with E-state index in [4.69, 9.17) is 16.3 Å². The number of hydrogen-bond donors (Lipinski definition) is 2. The summed E-state index contributed by atoms with van der Waals surface area (Å²) in [6.07, 6.45) is 1.15. The molecule has 0 radical (unpaired) electrons. The molecule has 1 aliphatic rings. The lowest BCUT2D eigenvalue weighted by atomic mass is 10.1. The molecule has 6 heteroatoms. The zero-order valence-electron chi connectivity index (χ0n) is 13.1. The number of aliphatic hydroxyl groups excluding tert-OH is 2. The smallest absolute Gasteiger partial charge is 0.180 e. The van der Waals surface area contributed by atoms with Gasteiger partial charge in [0.25, 0.3) is 0 Å². The van der Waals surface area contributed by atoms with Crippen molar-refractivity contribution in [1.29, 1.82) is 0 Å². The minimum Gasteiger partial charge on any atom is -0.479 e. The number of aliphatic hydroxyl groups is 2. The normalized spacial score (nSPS) is 19.7. The molecule has 0 amide bonds. The van der Waals surface area contributed by atoms with Crippen LogP contribution in [0.4, 0.5) is 0 Å². The van der Waals surface area contributed by atoms with Crippen LogP contribution < -0.4 is 4.74 Å². The zero-order chi connectivity index (χ0) is 16.8. The molecular formula is C18H17ClN2O3. The number of nitrogens with zero attached hydrogens (tertiary/aromatic N) is 2. The van der Waals surface area contributed by atoms with Crippen LogP contribution in [0.5, 0.6) is 5.75 Å². The molecule has 5 nitrogen and oxygen atoms in total. The third-order valence-corrected chi connectivity index (χ3v) is 4.85. The van der Waals surface area contributed by atoms with Crippen LogP contribution in [0.3, 0.4) is 0 Å². The topological polar surface area (TPSA) is 67.0 Å². The second-order valence-corrected chi connectivity index (χ2v) is 6.40. The van der Waals surface area contributed by atoms with Crippen LogP contribution in [-0.4, -0.2) is 25.7 Å². The summed E-state index contributed by atoms with van der Waals surface area (Å²) in [5, 5.41) is 20.5. The Balaban J connectivity index is 1.79. The van der Waals surface area contributed by atoms with Crippen molar-refractivity contribution >= 4 is 17.2 Å². The molecule has 2 heterocycles. The number of benzene rings is 1. The van der Waals surface area contributed by atoms with Crippen molar-refractivity contribution < 1.29 is 14.9 Å². The van der Waals surface area contributed by atoms with Gasteiger partial charge in [-0.05, 0) is 30.7 Å². The molecule has 3 aromatic rings. The van der Waals surface area contributed by atoms with E-state index in [2.05, 4.69) is 4.98 Å². The van der Waals surface area contributed by atoms with Gasteiger partial charge in [0.05, 0.1) is 24.1 Å². The fraction of sp³-hybridized carbons (Fsp3) is 0.278. The quantitative estimate of drug-likeness (QED) is 0.766. The van der Waals surface area contributed by atoms with E-state index in [0.717, 1.165) is 22.5 Å². The van der Waals surface area contributed by atoms with E-state index < -0.39 is 12.2 Å². The number of aromatic nitrogens is 2. The highest BCUT2D eigenvalue weighted by Gasteiger charge is 2.35. The van der Waals surface area contributed by atoms with E-state index in [9.17, 15) is 10.2 Å². The number of fused-ring (bicyclic) bond motifs is 2. The maximum absolute atomic E-state index is 10.4. The summed E-state index contributed by atoms with van der Waals surface area (Å²) in [5.74, 6) is 0.553. The zero-order valence-corrected chi connectivity index (χ0v) is 13.9. The standard InChI is InChI=1S/C18H17ClN2O3/c1-10-13(9-22)21-7-3-6-15(18(21)20-10)24-17-14(23)8-11-4-2-5-12(19)16(11)17/h2-7,14,17,22-23H,8-9H2,1H3. The summed E-state index contributed by atoms with van der Waals surface area (Å²) in [6, 6.07) is 9.28. The van der Waals surface area contributed by atoms with Gasteiger partial charge in [-0.3, -0.25) is 4.40 Å². The van der Waals surface area contributed by atoms with Gasteiger partial charge in [0, 0.05) is 23.2 Å². The molecule has 0 fully saturated rings. The fourth-order valence-corrected chi connectivity index (χ4v) is 3.67. The molecule has 2 unspecified atom stereocenters. The van der Waals surface area contributed by atoms with Gasteiger partial charge in [-0.15, -0.1) is 0 Å². The number of imidazole rings is 1. The largest absolute Gasteiger partial charge is 0.479 e. The minimum atomic E-state index is -0.659. The Labute approximate surface area is 144 Å². The molecule has 2 atom stereocenters. The Morgan fingerprint density at radius 1 is 1.33 bits per heavy atom. The first kappa shape index (κ1) is 15.4. The molecule has 0 bridgehead atoms. The van der Waals surface area contributed by atoms with E-state index in [-0.39, 0.29) is 6.61 Å². The van der Waals surface area contributed by atoms with Crippen molar-refractivity contribution in [2.75, 3.05) is 0 Å². The minimum absolute atomic E-state index is 0.100. The van der Waals surface area contributed by atoms with Gasteiger partial charge in [-0.2, -0.15) is 0 Å². The van der Waals surface area contributed by atoms with Gasteiger partial charge in [0.15, 0.2) is 17.5 Å². The summed E-state index contributed by atoms with van der Waals surface area (Å²) in [4.78, 5) is 4.49. The maximum Gasteiger partial charge on any atom is 0.180 e. The van der Waals surface area contributed by atoms with Gasteiger partial charge in [0.1, 0.15) is 0 Å². The molecule has 0 aliphatic heterocycles. The van der Waals surface area contributed by atoms with Crippen molar-refractivity contribution in [2.45, 2.75) is 32.2 Å². The predicted octanol–water partition coefficient (Wildman–Crippen LogP) is 2.83. The van der Waals surface area contributed by atoms with E-state index >= 15 is 0 Å². The highest BCUT2D eigenvalue weighted by molar-refractivity contribution is 6.31. The number of ether oxygens (including phenoxy) is 1. The van der Waals surface area contributed by atoms with Crippen LogP contribution in [0.25, 0.3) is 5.65 Å². The summed E-state index contributed by atoms with van der Waals surface area (Å²) in [5.41, 5.74) is 3.92. The number of hydrogen-bond acceptors (Lipinski definition) is 4. The predicted molar refractivity (Wildman–Crippen MR) is 90.4 cm³/mol. The molecule has 0 saturated heterocycles. The molecule has 2 N–H and O–H groups in total. The van der Waals surface area contributed by atoms with Crippen molar-refractivity contribution in [3.05, 3.63) is 64.1 Å². The first-order valence-corrected chi connectivity index (χ1v) is 8.17. The summed E-state index contributed by atoms with van der Waals surface area (Å²) < 4.78 is 7.93. The third-order valence-electron chi connectivity index (χ3n) is 4.52. The van der Waals surface area contributed by atoms with Gasteiger partial charge < -0.3 is 14.9 Å². The molecule has 4 rings (SSSR count). The van der Waals surface area contributed by atoms with Gasteiger partial charge in [-0.1, -0.05) is 23.7 Å². The van der Waals surface area contributed by atoms with E-state index in [1.54, 1.807) is 10.5 Å². The van der Waals surface area contributed by atoms with Crippen molar-refractivity contribution in [1.82, 2.24) is 9.38 Å². The van der Waals surface area contributed by atoms with Crippen molar-refractivity contribution in [2.24, 2.45) is 0 Å². The van der Waals surface area contributed by atoms with Crippen molar-refractivity contribution in [3.8, 4) is 5.75 Å². The van der Waals surface area contributed by atoms with Crippen molar-refractivity contribution in [3.63, 3.8) is 0 Å². The number of halogens is 1. The van der Waals surface area contributed by atoms with Crippen LogP contribution in [-0.2, 0) is 13.0 Å². The van der Waals surface area contributed by atoms with Gasteiger partial charge >= 0.3 is 0 Å². The Hall–Kier alpha value is -2.08. The van der Waals surface area contributed by atoms with E-state index in [1.165, 1.54) is 0 Å². The lowest BCUT2D eigenvalue weighted by molar-refractivity contribution is 0.0502. The first-order chi connectivity index (χ1) is 11.6. The lowest BCUT2D eigenvalue weighted by Gasteiger charge is -2.19. The Morgan fingerprint density at radius 2 is 2.17 bits per heavy atom. The summed E-state index contributed by atoms with van der Waals surface area (Å²) >= 11 is 6.32. The van der Waals surface area contributed by atoms with Crippen LogP contribution in [0, 0.1) is 6.92 Å². The van der Waals surface area contributed by atoms with E-state index in [0.29, 0.717) is 22.8 Å². The van der Waals surface area contributed by atoms with Crippen LogP contribution in [0.15, 0.2) is 36.5 Å². The van der Waals surface area contributed by atoms with E-state index in [1.807, 2.05) is 37.4 Å². The Morgan fingerprint density at radius 3 is 2.96 bits per heavy atom. The van der Waals surface area contributed by atoms with Gasteiger partial charge in [0.2, 0.25) is 0 Å². The average molecular weight is 345 g/mol. The Bertz CT molecular complexity index is 922. The highest BCUT2D eigenvalue weighted by atomic mass is 35.5. The van der Waals surface area contributed by atoms with Gasteiger partial charge in [-0.25, -0.2) is 4.98 Å². The summed E-state index contributed by atoms with van der Waals surface area (Å²) in [6.45, 7) is 1.75. The number of rotatable bonds is 3. The van der Waals surface area contributed by atoms with Crippen LogP contribution >= 0.6 is 11.6 Å². The average Bonchev–Trinajstić information content (AvgIpc) is 3.05. The molecule has 124 valence electrons. The first-order valence-electron chi connectivity index (χ1n) is 7.79. The lowest BCUT2D eigenvalue weighted by Crippen LogP contribution is -2.19. The molecule has 0 spiro atoms. The fourth-order valence-electron chi connectivity index (χ4n) is 3.36. The third kappa shape index (κ3) is 2.28. The number of pyridine rings is 1. The molecule has 24 heavy (non-hydrogen) atoms. The Kier molecular flexibility index (Phi) is 3.72. The molecule has 1 aliphatic carbocycles. The molecule has 2 aromatic heterocycles. The second kappa shape index (κ2) is 5.77. The molecule has 1 aromatic carbocycles. The second-order valence-electron chi connectivity index (χ2n) is 5.99. The monoisotopic (exact) mass is 344 g/mol. The SMILES string of the molecule is Cc1nc2c(OC3c4c(Cl)cccc4CC3O)cccn2c1CO. The molecule has 0 saturated carbocycles. The molecular weight excluding hydrogens is 328 g/mol. The van der Waals surface area contributed by atoms with Crippen LogP contribution in [0.2, 0.25) is 5.02 Å². The number of aryl methyl sites for hydroxylation is 1. The highest BCUT2D eigenvalue weighted by Crippen LogP contribution is 2.40.